The van der Waals surface area contributed by atoms with E-state index in [1.165, 1.54) is 19.2 Å². The lowest BCUT2D eigenvalue weighted by atomic mass is 10.3. The molecule has 0 aromatic heterocycles. The Balaban J connectivity index is 2.91. The zero-order chi connectivity index (χ0) is 12.3. The van der Waals surface area contributed by atoms with Crippen LogP contribution in [0.5, 0.6) is 0 Å². The summed E-state index contributed by atoms with van der Waals surface area (Å²) in [5, 5.41) is 8.94. The van der Waals surface area contributed by atoms with Crippen molar-refractivity contribution in [3.05, 3.63) is 28.5 Å². The standard InChI is InChI=1S/C9H10BrFN4O/c1-15(9(16)14-8(12)13)7-3-2-5(10)4-6(7)11/h2-4H,1H3,(H4,12,13,14,16). The highest BCUT2D eigenvalue weighted by molar-refractivity contribution is 9.10. The van der Waals surface area contributed by atoms with E-state index in [1.54, 1.807) is 6.07 Å². The lowest BCUT2D eigenvalue weighted by molar-refractivity contribution is 0.251. The molecule has 0 saturated heterocycles. The van der Waals surface area contributed by atoms with Crippen molar-refractivity contribution in [1.29, 1.82) is 5.41 Å². The number of halogens is 2. The average Bonchev–Trinajstić information content (AvgIpc) is 2.15. The van der Waals surface area contributed by atoms with Crippen LogP contribution >= 0.6 is 15.9 Å². The summed E-state index contributed by atoms with van der Waals surface area (Å²) in [5.74, 6) is -1.04. The Hall–Kier alpha value is -1.63. The molecule has 0 unspecified atom stereocenters. The van der Waals surface area contributed by atoms with Gasteiger partial charge in [-0.2, -0.15) is 0 Å². The summed E-state index contributed by atoms with van der Waals surface area (Å²) < 4.78 is 14.0. The van der Waals surface area contributed by atoms with Crippen molar-refractivity contribution in [3.63, 3.8) is 0 Å². The van der Waals surface area contributed by atoms with Crippen molar-refractivity contribution in [2.24, 2.45) is 5.73 Å². The van der Waals surface area contributed by atoms with E-state index in [1.807, 2.05) is 0 Å². The fraction of sp³-hybridized carbons (Fsp3) is 0.111. The van der Waals surface area contributed by atoms with E-state index >= 15 is 0 Å². The highest BCUT2D eigenvalue weighted by atomic mass is 79.9. The number of hydrogen-bond acceptors (Lipinski definition) is 2. The monoisotopic (exact) mass is 288 g/mol. The first-order valence-corrected chi connectivity index (χ1v) is 5.05. The Kier molecular flexibility index (Phi) is 3.83. The third kappa shape index (κ3) is 2.93. The quantitative estimate of drug-likeness (QED) is 0.542. The van der Waals surface area contributed by atoms with Gasteiger partial charge in [-0.1, -0.05) is 15.9 Å². The van der Waals surface area contributed by atoms with Gasteiger partial charge in [0, 0.05) is 11.5 Å². The van der Waals surface area contributed by atoms with Gasteiger partial charge < -0.3 is 5.73 Å². The van der Waals surface area contributed by atoms with Crippen LogP contribution in [0.2, 0.25) is 0 Å². The molecule has 16 heavy (non-hydrogen) atoms. The van der Waals surface area contributed by atoms with Crippen LogP contribution in [0.1, 0.15) is 0 Å². The molecule has 7 heteroatoms. The van der Waals surface area contributed by atoms with Gasteiger partial charge in [0.1, 0.15) is 5.82 Å². The molecule has 4 N–H and O–H groups in total. The number of rotatable bonds is 1. The Morgan fingerprint density at radius 2 is 2.25 bits per heavy atom. The number of hydrogen-bond donors (Lipinski definition) is 3. The number of carbonyl (C=O) groups is 1. The van der Waals surface area contributed by atoms with Crippen molar-refractivity contribution in [3.8, 4) is 0 Å². The fourth-order valence-electron chi connectivity index (χ4n) is 1.06. The summed E-state index contributed by atoms with van der Waals surface area (Å²) in [6, 6.07) is 3.62. The van der Waals surface area contributed by atoms with Gasteiger partial charge in [0.05, 0.1) is 5.69 Å². The number of nitrogens with zero attached hydrogens (tertiary/aromatic N) is 1. The van der Waals surface area contributed by atoms with Crippen LogP contribution in [0.3, 0.4) is 0 Å². The van der Waals surface area contributed by atoms with Crippen LogP contribution < -0.4 is 16.0 Å². The third-order valence-corrected chi connectivity index (χ3v) is 2.31. The molecular formula is C9H10BrFN4O. The van der Waals surface area contributed by atoms with Gasteiger partial charge in [-0.25, -0.2) is 9.18 Å². The third-order valence-electron chi connectivity index (χ3n) is 1.82. The molecule has 1 aromatic rings. The zero-order valence-corrected chi connectivity index (χ0v) is 10.0. The number of anilines is 1. The maximum Gasteiger partial charge on any atom is 0.328 e. The summed E-state index contributed by atoms with van der Waals surface area (Å²) in [6.07, 6.45) is 0. The SMILES string of the molecule is CN(C(=O)NC(=N)N)c1ccc(Br)cc1F. The fourth-order valence-corrected chi connectivity index (χ4v) is 1.39. The molecule has 2 amide bonds. The first kappa shape index (κ1) is 12.4. The molecule has 0 radical (unpaired) electrons. The Bertz CT molecular complexity index is 438. The lowest BCUT2D eigenvalue weighted by Gasteiger charge is -2.18. The molecular weight excluding hydrogens is 279 g/mol. The summed E-state index contributed by atoms with van der Waals surface area (Å²) in [7, 11) is 1.38. The molecule has 0 aliphatic carbocycles. The molecule has 0 aliphatic rings. The number of amides is 2. The zero-order valence-electron chi connectivity index (χ0n) is 8.42. The molecule has 0 bridgehead atoms. The summed E-state index contributed by atoms with van der Waals surface area (Å²) >= 11 is 3.11. The number of carbonyl (C=O) groups excluding carboxylic acids is 1. The molecule has 0 spiro atoms. The van der Waals surface area contributed by atoms with E-state index in [0.29, 0.717) is 4.47 Å². The van der Waals surface area contributed by atoms with E-state index in [-0.39, 0.29) is 5.69 Å². The maximum absolute atomic E-state index is 13.5. The van der Waals surface area contributed by atoms with Crippen molar-refractivity contribution in [1.82, 2.24) is 5.32 Å². The van der Waals surface area contributed by atoms with Crippen molar-refractivity contribution in [2.45, 2.75) is 0 Å². The van der Waals surface area contributed by atoms with Crippen molar-refractivity contribution < 1.29 is 9.18 Å². The van der Waals surface area contributed by atoms with Gasteiger partial charge in [-0.05, 0) is 18.2 Å². The first-order chi connectivity index (χ1) is 7.41. The van der Waals surface area contributed by atoms with Gasteiger partial charge in [-0.15, -0.1) is 0 Å². The smallest absolute Gasteiger partial charge is 0.328 e. The van der Waals surface area contributed by atoms with Crippen LogP contribution in [0.4, 0.5) is 14.9 Å². The Labute approximate surface area is 100 Å². The molecule has 0 aliphatic heterocycles. The van der Waals surface area contributed by atoms with Crippen molar-refractivity contribution >= 4 is 33.6 Å². The van der Waals surface area contributed by atoms with Crippen LogP contribution in [0.15, 0.2) is 22.7 Å². The first-order valence-electron chi connectivity index (χ1n) is 4.25. The van der Waals surface area contributed by atoms with E-state index in [0.717, 1.165) is 4.90 Å². The highest BCUT2D eigenvalue weighted by Gasteiger charge is 2.15. The van der Waals surface area contributed by atoms with Crippen LogP contribution in [-0.2, 0) is 0 Å². The van der Waals surface area contributed by atoms with Gasteiger partial charge in [0.15, 0.2) is 5.96 Å². The summed E-state index contributed by atoms with van der Waals surface area (Å²) in [5.41, 5.74) is 5.09. The molecule has 0 atom stereocenters. The largest absolute Gasteiger partial charge is 0.370 e. The van der Waals surface area contributed by atoms with E-state index in [4.69, 9.17) is 11.1 Å². The summed E-state index contributed by atoms with van der Waals surface area (Å²) in [4.78, 5) is 12.4. The molecule has 1 rings (SSSR count). The highest BCUT2D eigenvalue weighted by Crippen LogP contribution is 2.22. The van der Waals surface area contributed by atoms with Crippen LogP contribution in [0.25, 0.3) is 0 Å². The Morgan fingerprint density at radius 3 is 2.75 bits per heavy atom. The Morgan fingerprint density at radius 1 is 1.62 bits per heavy atom. The van der Waals surface area contributed by atoms with Gasteiger partial charge in [-0.3, -0.25) is 15.6 Å². The minimum atomic E-state index is -0.672. The van der Waals surface area contributed by atoms with Crippen molar-refractivity contribution in [2.75, 3.05) is 11.9 Å². The predicted molar refractivity (Wildman–Crippen MR) is 62.9 cm³/mol. The average molecular weight is 289 g/mol. The van der Waals surface area contributed by atoms with E-state index < -0.39 is 17.8 Å². The molecule has 5 nitrogen and oxygen atoms in total. The molecule has 0 saturated carbocycles. The topological polar surface area (TPSA) is 82.2 Å². The van der Waals surface area contributed by atoms with Crippen LogP contribution in [0, 0.1) is 11.2 Å². The second kappa shape index (κ2) is 4.93. The lowest BCUT2D eigenvalue weighted by Crippen LogP contribution is -2.44. The van der Waals surface area contributed by atoms with E-state index in [2.05, 4.69) is 21.2 Å². The number of nitrogens with two attached hydrogens (primary N) is 1. The van der Waals surface area contributed by atoms with Gasteiger partial charge in [0.2, 0.25) is 0 Å². The maximum atomic E-state index is 13.5. The van der Waals surface area contributed by atoms with E-state index in [9.17, 15) is 9.18 Å². The minimum absolute atomic E-state index is 0.0990. The second-order valence-electron chi connectivity index (χ2n) is 3.00. The molecule has 86 valence electrons. The molecule has 0 fully saturated rings. The van der Waals surface area contributed by atoms with Gasteiger partial charge >= 0.3 is 6.03 Å². The molecule has 1 aromatic carbocycles. The number of guanidine groups is 1. The number of nitrogens with one attached hydrogen (secondary N) is 2. The van der Waals surface area contributed by atoms with Crippen LogP contribution in [-0.4, -0.2) is 19.0 Å². The minimum Gasteiger partial charge on any atom is -0.370 e. The molecule has 0 heterocycles. The number of urea groups is 1. The van der Waals surface area contributed by atoms with Gasteiger partial charge in [0.25, 0.3) is 0 Å². The second-order valence-corrected chi connectivity index (χ2v) is 3.91. The number of benzene rings is 1. The summed E-state index contributed by atoms with van der Waals surface area (Å²) in [6.45, 7) is 0. The normalized spacial score (nSPS) is 9.69. The predicted octanol–water partition coefficient (Wildman–Crippen LogP) is 1.63.